The summed E-state index contributed by atoms with van der Waals surface area (Å²) < 4.78 is 0. The van der Waals surface area contributed by atoms with Gasteiger partial charge in [0.15, 0.2) is 0 Å². The van der Waals surface area contributed by atoms with E-state index < -0.39 is 0 Å². The van der Waals surface area contributed by atoms with Crippen molar-refractivity contribution in [2.24, 2.45) is 5.92 Å². The van der Waals surface area contributed by atoms with Crippen LogP contribution < -0.4 is 10.6 Å². The molecule has 0 aromatic heterocycles. The Balaban J connectivity index is 1.55. The lowest BCUT2D eigenvalue weighted by Crippen LogP contribution is -2.40. The molecule has 1 saturated heterocycles. The SMILES string of the molecule is CC(=O)Nc1ccc(NC(=O)C2CCCN(Cc3cccc(Cl)c3)C2)cc1. The fourth-order valence-corrected chi connectivity index (χ4v) is 3.60. The zero-order chi connectivity index (χ0) is 19.2. The van der Waals surface area contributed by atoms with Crippen LogP contribution in [0.2, 0.25) is 5.02 Å². The molecule has 1 fully saturated rings. The van der Waals surface area contributed by atoms with Crippen molar-refractivity contribution in [1.29, 1.82) is 0 Å². The van der Waals surface area contributed by atoms with E-state index in [1.54, 1.807) is 24.3 Å². The number of likely N-dealkylation sites (tertiary alicyclic amines) is 1. The Morgan fingerprint density at radius 1 is 1.11 bits per heavy atom. The molecule has 0 aliphatic carbocycles. The van der Waals surface area contributed by atoms with E-state index in [1.807, 2.05) is 18.2 Å². The number of piperidine rings is 1. The first-order valence-electron chi connectivity index (χ1n) is 9.15. The maximum atomic E-state index is 12.7. The molecule has 142 valence electrons. The summed E-state index contributed by atoms with van der Waals surface area (Å²) in [5.74, 6) is -0.111. The summed E-state index contributed by atoms with van der Waals surface area (Å²) in [5, 5.41) is 6.44. The molecule has 2 amide bonds. The van der Waals surface area contributed by atoms with Gasteiger partial charge in [-0.3, -0.25) is 14.5 Å². The second-order valence-corrected chi connectivity index (χ2v) is 7.39. The number of hydrogen-bond donors (Lipinski definition) is 2. The summed E-state index contributed by atoms with van der Waals surface area (Å²) in [6.45, 7) is 3.99. The average molecular weight is 386 g/mol. The van der Waals surface area contributed by atoms with Crippen molar-refractivity contribution in [3.8, 4) is 0 Å². The fraction of sp³-hybridized carbons (Fsp3) is 0.333. The van der Waals surface area contributed by atoms with Crippen LogP contribution in [0.15, 0.2) is 48.5 Å². The largest absolute Gasteiger partial charge is 0.326 e. The van der Waals surface area contributed by atoms with Crippen molar-refractivity contribution in [1.82, 2.24) is 4.90 Å². The van der Waals surface area contributed by atoms with E-state index in [4.69, 9.17) is 11.6 Å². The van der Waals surface area contributed by atoms with Gasteiger partial charge < -0.3 is 10.6 Å². The number of carbonyl (C=O) groups excluding carboxylic acids is 2. The van der Waals surface area contributed by atoms with E-state index in [0.717, 1.165) is 48.7 Å². The topological polar surface area (TPSA) is 61.4 Å². The molecule has 0 radical (unpaired) electrons. The van der Waals surface area contributed by atoms with Crippen LogP contribution in [0.3, 0.4) is 0 Å². The van der Waals surface area contributed by atoms with Gasteiger partial charge in [-0.2, -0.15) is 0 Å². The molecule has 3 rings (SSSR count). The van der Waals surface area contributed by atoms with Crippen LogP contribution in [0.1, 0.15) is 25.3 Å². The Morgan fingerprint density at radius 2 is 1.81 bits per heavy atom. The first-order valence-corrected chi connectivity index (χ1v) is 9.53. The lowest BCUT2D eigenvalue weighted by atomic mass is 9.96. The van der Waals surface area contributed by atoms with Crippen LogP contribution >= 0.6 is 11.6 Å². The average Bonchev–Trinajstić information content (AvgIpc) is 2.63. The third-order valence-electron chi connectivity index (χ3n) is 4.64. The molecule has 0 saturated carbocycles. The third kappa shape index (κ3) is 5.81. The molecular weight excluding hydrogens is 362 g/mol. The van der Waals surface area contributed by atoms with E-state index in [2.05, 4.69) is 21.6 Å². The van der Waals surface area contributed by atoms with Gasteiger partial charge >= 0.3 is 0 Å². The number of rotatable bonds is 5. The second-order valence-electron chi connectivity index (χ2n) is 6.95. The summed E-state index contributed by atoms with van der Waals surface area (Å²) in [5.41, 5.74) is 2.61. The number of halogens is 1. The molecule has 6 heteroatoms. The summed E-state index contributed by atoms with van der Waals surface area (Å²) in [4.78, 5) is 26.0. The Kier molecular flexibility index (Phi) is 6.48. The molecule has 1 aliphatic rings. The van der Waals surface area contributed by atoms with Gasteiger partial charge in [-0.1, -0.05) is 23.7 Å². The number of nitrogens with zero attached hydrogens (tertiary/aromatic N) is 1. The lowest BCUT2D eigenvalue weighted by molar-refractivity contribution is -0.121. The zero-order valence-corrected chi connectivity index (χ0v) is 16.1. The molecule has 5 nitrogen and oxygen atoms in total. The molecular formula is C21H24ClN3O2. The van der Waals surface area contributed by atoms with Crippen LogP contribution in [0.5, 0.6) is 0 Å². The standard InChI is InChI=1S/C21H24ClN3O2/c1-15(26)23-19-7-9-20(10-8-19)24-21(27)17-5-3-11-25(14-17)13-16-4-2-6-18(22)12-16/h2,4,6-10,12,17H,3,5,11,13-14H2,1H3,(H,23,26)(H,24,27). The van der Waals surface area contributed by atoms with E-state index in [9.17, 15) is 9.59 Å². The minimum Gasteiger partial charge on any atom is -0.326 e. The van der Waals surface area contributed by atoms with Crippen LogP contribution in [0.25, 0.3) is 0 Å². The van der Waals surface area contributed by atoms with Gasteiger partial charge in [0.2, 0.25) is 11.8 Å². The molecule has 2 aromatic rings. The quantitative estimate of drug-likeness (QED) is 0.812. The molecule has 1 aliphatic heterocycles. The maximum Gasteiger partial charge on any atom is 0.228 e. The van der Waals surface area contributed by atoms with Crippen molar-refractivity contribution in [3.05, 3.63) is 59.1 Å². The molecule has 1 heterocycles. The predicted molar refractivity (Wildman–Crippen MR) is 109 cm³/mol. The monoisotopic (exact) mass is 385 g/mol. The Bertz CT molecular complexity index is 807. The fourth-order valence-electron chi connectivity index (χ4n) is 3.39. The smallest absolute Gasteiger partial charge is 0.228 e. The van der Waals surface area contributed by atoms with Gasteiger partial charge in [0, 0.05) is 36.4 Å². The van der Waals surface area contributed by atoms with E-state index in [0.29, 0.717) is 5.69 Å². The summed E-state index contributed by atoms with van der Waals surface area (Å²) in [6, 6.07) is 15.0. The number of carbonyl (C=O) groups is 2. The Hall–Kier alpha value is -2.37. The molecule has 0 bridgehead atoms. The van der Waals surface area contributed by atoms with Gasteiger partial charge in [-0.25, -0.2) is 0 Å². The molecule has 2 aromatic carbocycles. The second kappa shape index (κ2) is 9.02. The number of anilines is 2. The minimum atomic E-state index is -0.117. The highest BCUT2D eigenvalue weighted by Gasteiger charge is 2.25. The first-order chi connectivity index (χ1) is 13.0. The van der Waals surface area contributed by atoms with E-state index >= 15 is 0 Å². The zero-order valence-electron chi connectivity index (χ0n) is 15.4. The highest BCUT2D eigenvalue weighted by atomic mass is 35.5. The Labute approximate surface area is 164 Å². The molecule has 1 unspecified atom stereocenters. The van der Waals surface area contributed by atoms with Crippen LogP contribution in [0.4, 0.5) is 11.4 Å². The van der Waals surface area contributed by atoms with Crippen molar-refractivity contribution < 1.29 is 9.59 Å². The summed E-state index contributed by atoms with van der Waals surface area (Å²) in [7, 11) is 0. The van der Waals surface area contributed by atoms with E-state index in [-0.39, 0.29) is 17.7 Å². The maximum absolute atomic E-state index is 12.7. The number of amides is 2. The van der Waals surface area contributed by atoms with Crippen LogP contribution in [-0.2, 0) is 16.1 Å². The normalized spacial score (nSPS) is 17.3. The Morgan fingerprint density at radius 3 is 2.48 bits per heavy atom. The minimum absolute atomic E-state index is 0.0343. The number of benzene rings is 2. The molecule has 2 N–H and O–H groups in total. The summed E-state index contributed by atoms with van der Waals surface area (Å²) >= 11 is 6.07. The van der Waals surface area contributed by atoms with Gasteiger partial charge in [0.1, 0.15) is 0 Å². The van der Waals surface area contributed by atoms with Crippen molar-refractivity contribution in [2.45, 2.75) is 26.3 Å². The van der Waals surface area contributed by atoms with Gasteiger partial charge in [-0.15, -0.1) is 0 Å². The number of hydrogen-bond acceptors (Lipinski definition) is 3. The number of nitrogens with one attached hydrogen (secondary N) is 2. The van der Waals surface area contributed by atoms with Gasteiger partial charge in [0.05, 0.1) is 5.92 Å². The van der Waals surface area contributed by atoms with Gasteiger partial charge in [-0.05, 0) is 61.3 Å². The summed E-state index contributed by atoms with van der Waals surface area (Å²) in [6.07, 6.45) is 1.89. The molecule has 27 heavy (non-hydrogen) atoms. The van der Waals surface area contributed by atoms with E-state index in [1.165, 1.54) is 6.92 Å². The van der Waals surface area contributed by atoms with Crippen molar-refractivity contribution in [3.63, 3.8) is 0 Å². The first kappa shape index (κ1) is 19.4. The lowest BCUT2D eigenvalue weighted by Gasteiger charge is -2.32. The van der Waals surface area contributed by atoms with Crippen molar-refractivity contribution >= 4 is 34.8 Å². The van der Waals surface area contributed by atoms with Crippen LogP contribution in [0, 0.1) is 5.92 Å². The highest BCUT2D eigenvalue weighted by molar-refractivity contribution is 6.30. The highest BCUT2D eigenvalue weighted by Crippen LogP contribution is 2.22. The third-order valence-corrected chi connectivity index (χ3v) is 4.88. The van der Waals surface area contributed by atoms with Crippen molar-refractivity contribution in [2.75, 3.05) is 23.7 Å². The predicted octanol–water partition coefficient (Wildman–Crippen LogP) is 4.15. The van der Waals surface area contributed by atoms with Crippen LogP contribution in [-0.4, -0.2) is 29.8 Å². The molecule has 0 spiro atoms. The van der Waals surface area contributed by atoms with Gasteiger partial charge in [0.25, 0.3) is 0 Å². The molecule has 1 atom stereocenters.